The van der Waals surface area contributed by atoms with E-state index in [-0.39, 0.29) is 6.04 Å². The van der Waals surface area contributed by atoms with Crippen molar-refractivity contribution in [3.63, 3.8) is 0 Å². The van der Waals surface area contributed by atoms with Gasteiger partial charge in [0.25, 0.3) is 0 Å². The van der Waals surface area contributed by atoms with Crippen LogP contribution < -0.4 is 5.32 Å². The Balaban J connectivity index is 2.11. The van der Waals surface area contributed by atoms with Crippen LogP contribution in [0.15, 0.2) is 35.8 Å². The van der Waals surface area contributed by atoms with Gasteiger partial charge in [-0.3, -0.25) is 4.68 Å². The molecule has 3 aromatic rings. The zero-order valence-corrected chi connectivity index (χ0v) is 13.7. The molecule has 5 heteroatoms. The van der Waals surface area contributed by atoms with Gasteiger partial charge in [0, 0.05) is 11.7 Å². The molecule has 2 aromatic heterocycles. The molecular weight excluding hydrogens is 302 g/mol. The molecule has 1 N–H and O–H groups in total. The maximum Gasteiger partial charge on any atom is 0.0837 e. The first-order valence-electron chi connectivity index (χ1n) is 7.09. The minimum absolute atomic E-state index is 0.0705. The smallest absolute Gasteiger partial charge is 0.0837 e. The number of fused-ring (bicyclic) bond motifs is 1. The van der Waals surface area contributed by atoms with Crippen molar-refractivity contribution in [2.45, 2.75) is 19.4 Å². The number of aromatic nitrogens is 2. The lowest BCUT2D eigenvalue weighted by molar-refractivity contribution is 0.557. The van der Waals surface area contributed by atoms with E-state index in [0.717, 1.165) is 18.7 Å². The highest BCUT2D eigenvalue weighted by Crippen LogP contribution is 2.35. The van der Waals surface area contributed by atoms with E-state index < -0.39 is 0 Å². The van der Waals surface area contributed by atoms with Gasteiger partial charge in [0.1, 0.15) is 0 Å². The van der Waals surface area contributed by atoms with Crippen LogP contribution in [0.1, 0.15) is 30.6 Å². The van der Waals surface area contributed by atoms with Crippen LogP contribution in [0.5, 0.6) is 0 Å². The number of benzene rings is 1. The second kappa shape index (κ2) is 6.18. The summed E-state index contributed by atoms with van der Waals surface area (Å²) in [5, 5.41) is 12.1. The van der Waals surface area contributed by atoms with E-state index in [9.17, 15) is 0 Å². The van der Waals surface area contributed by atoms with E-state index in [1.54, 1.807) is 17.5 Å². The van der Waals surface area contributed by atoms with E-state index in [0.29, 0.717) is 5.02 Å². The van der Waals surface area contributed by atoms with Crippen LogP contribution in [0.25, 0.3) is 10.1 Å². The van der Waals surface area contributed by atoms with Crippen LogP contribution >= 0.6 is 22.9 Å². The highest BCUT2D eigenvalue weighted by atomic mass is 35.5. The third-order valence-corrected chi connectivity index (χ3v) is 4.90. The largest absolute Gasteiger partial charge is 0.305 e. The summed E-state index contributed by atoms with van der Waals surface area (Å²) in [4.78, 5) is 0. The van der Waals surface area contributed by atoms with Crippen molar-refractivity contribution in [2.24, 2.45) is 7.05 Å². The number of thiophene rings is 1. The van der Waals surface area contributed by atoms with Crippen LogP contribution in [0.3, 0.4) is 0 Å². The molecule has 3 rings (SSSR count). The van der Waals surface area contributed by atoms with Crippen molar-refractivity contribution in [1.82, 2.24) is 15.1 Å². The third-order valence-electron chi connectivity index (χ3n) is 3.63. The van der Waals surface area contributed by atoms with E-state index in [2.05, 4.69) is 47.0 Å². The molecule has 2 heterocycles. The average Bonchev–Trinajstić information content (AvgIpc) is 3.06. The van der Waals surface area contributed by atoms with Gasteiger partial charge in [-0.1, -0.05) is 36.7 Å². The molecule has 21 heavy (non-hydrogen) atoms. The van der Waals surface area contributed by atoms with Crippen molar-refractivity contribution >= 4 is 33.0 Å². The first-order chi connectivity index (χ1) is 10.2. The summed E-state index contributed by atoms with van der Waals surface area (Å²) in [6, 6.07) is 8.56. The lowest BCUT2D eigenvalue weighted by Gasteiger charge is -2.19. The van der Waals surface area contributed by atoms with Crippen LogP contribution in [0.4, 0.5) is 0 Å². The number of hydrogen-bond donors (Lipinski definition) is 1. The number of hydrogen-bond acceptors (Lipinski definition) is 3. The fourth-order valence-corrected chi connectivity index (χ4v) is 3.87. The Hall–Kier alpha value is -1.36. The van der Waals surface area contributed by atoms with E-state index >= 15 is 0 Å². The minimum atomic E-state index is 0.0705. The van der Waals surface area contributed by atoms with E-state index in [1.807, 2.05) is 11.7 Å². The average molecular weight is 320 g/mol. The van der Waals surface area contributed by atoms with Gasteiger partial charge in [0.2, 0.25) is 0 Å². The molecule has 0 bridgehead atoms. The summed E-state index contributed by atoms with van der Waals surface area (Å²) in [7, 11) is 1.94. The normalized spacial score (nSPS) is 12.9. The van der Waals surface area contributed by atoms with E-state index in [4.69, 9.17) is 11.6 Å². The molecule has 1 aromatic carbocycles. The van der Waals surface area contributed by atoms with Crippen molar-refractivity contribution < 1.29 is 0 Å². The van der Waals surface area contributed by atoms with Crippen molar-refractivity contribution in [1.29, 1.82) is 0 Å². The van der Waals surface area contributed by atoms with Crippen LogP contribution in [0.2, 0.25) is 5.02 Å². The first-order valence-corrected chi connectivity index (χ1v) is 8.35. The summed E-state index contributed by atoms with van der Waals surface area (Å²) in [6.07, 6.45) is 2.79. The molecule has 110 valence electrons. The molecule has 0 aliphatic carbocycles. The molecule has 0 radical (unpaired) electrons. The fraction of sp³-hybridized carbons (Fsp3) is 0.312. The molecule has 0 aliphatic rings. The summed E-state index contributed by atoms with van der Waals surface area (Å²) in [6.45, 7) is 3.11. The SMILES string of the molecule is CCCNC(c1csc2ccccc12)c1c(Cl)cnn1C. The molecule has 0 spiro atoms. The zero-order chi connectivity index (χ0) is 14.8. The summed E-state index contributed by atoms with van der Waals surface area (Å²) >= 11 is 8.14. The van der Waals surface area contributed by atoms with Crippen LogP contribution in [-0.2, 0) is 7.05 Å². The Morgan fingerprint density at radius 2 is 2.19 bits per heavy atom. The molecule has 3 nitrogen and oxygen atoms in total. The summed E-state index contributed by atoms with van der Waals surface area (Å²) < 4.78 is 3.16. The topological polar surface area (TPSA) is 29.9 Å². The molecule has 1 atom stereocenters. The number of aryl methyl sites for hydroxylation is 1. The van der Waals surface area contributed by atoms with Crippen LogP contribution in [0, 0.1) is 0 Å². The second-order valence-corrected chi connectivity index (χ2v) is 6.39. The van der Waals surface area contributed by atoms with Crippen molar-refractivity contribution in [3.05, 3.63) is 52.1 Å². The minimum Gasteiger partial charge on any atom is -0.305 e. The second-order valence-electron chi connectivity index (χ2n) is 5.08. The number of nitrogens with one attached hydrogen (secondary N) is 1. The molecule has 1 unspecified atom stereocenters. The third kappa shape index (κ3) is 2.71. The number of rotatable bonds is 5. The lowest BCUT2D eigenvalue weighted by atomic mass is 10.0. The molecular formula is C16H18ClN3S. The predicted molar refractivity (Wildman–Crippen MR) is 90.2 cm³/mol. The van der Waals surface area contributed by atoms with Gasteiger partial charge in [-0.15, -0.1) is 11.3 Å². The molecule has 0 saturated carbocycles. The van der Waals surface area contributed by atoms with E-state index in [1.165, 1.54) is 15.6 Å². The van der Waals surface area contributed by atoms with Gasteiger partial charge in [-0.25, -0.2) is 0 Å². The van der Waals surface area contributed by atoms with Gasteiger partial charge < -0.3 is 5.32 Å². The quantitative estimate of drug-likeness (QED) is 0.756. The van der Waals surface area contributed by atoms with Crippen molar-refractivity contribution in [2.75, 3.05) is 6.54 Å². The van der Waals surface area contributed by atoms with Gasteiger partial charge in [-0.05, 0) is 35.4 Å². The Bertz CT molecular complexity index is 727. The highest BCUT2D eigenvalue weighted by molar-refractivity contribution is 7.17. The number of nitrogens with zero attached hydrogens (tertiary/aromatic N) is 2. The molecule has 0 aliphatic heterocycles. The molecule has 0 amide bonds. The molecule has 0 fully saturated rings. The number of halogens is 1. The van der Waals surface area contributed by atoms with Gasteiger partial charge in [0.15, 0.2) is 0 Å². The molecule has 0 saturated heterocycles. The van der Waals surface area contributed by atoms with Crippen molar-refractivity contribution in [3.8, 4) is 0 Å². The van der Waals surface area contributed by atoms with Crippen LogP contribution in [-0.4, -0.2) is 16.3 Å². The summed E-state index contributed by atoms with van der Waals surface area (Å²) in [5.41, 5.74) is 2.29. The Morgan fingerprint density at radius 3 is 2.90 bits per heavy atom. The predicted octanol–water partition coefficient (Wildman–Crippen LogP) is 4.38. The maximum atomic E-state index is 6.37. The zero-order valence-electron chi connectivity index (χ0n) is 12.1. The summed E-state index contributed by atoms with van der Waals surface area (Å²) in [5.74, 6) is 0. The van der Waals surface area contributed by atoms with Gasteiger partial charge >= 0.3 is 0 Å². The first kappa shape index (κ1) is 14.6. The highest BCUT2D eigenvalue weighted by Gasteiger charge is 2.23. The fourth-order valence-electron chi connectivity index (χ4n) is 2.61. The Labute approximate surface area is 133 Å². The Morgan fingerprint density at radius 1 is 1.38 bits per heavy atom. The van der Waals surface area contributed by atoms with Gasteiger partial charge in [-0.2, -0.15) is 5.10 Å². The lowest BCUT2D eigenvalue weighted by Crippen LogP contribution is -2.25. The standard InChI is InChI=1S/C16H18ClN3S/c1-3-8-18-15(16-13(17)9-19-20(16)2)12-10-21-14-7-5-4-6-11(12)14/h4-7,9-10,15,18H,3,8H2,1-2H3. The maximum absolute atomic E-state index is 6.37. The Kier molecular flexibility index (Phi) is 4.29. The monoisotopic (exact) mass is 319 g/mol. The van der Waals surface area contributed by atoms with Gasteiger partial charge in [0.05, 0.1) is 23.0 Å².